The summed E-state index contributed by atoms with van der Waals surface area (Å²) in [6, 6.07) is 9.62. The molecule has 0 aliphatic rings. The van der Waals surface area contributed by atoms with E-state index in [0.29, 0.717) is 31.7 Å². The van der Waals surface area contributed by atoms with Gasteiger partial charge in [-0.3, -0.25) is 4.79 Å². The highest BCUT2D eigenvalue weighted by Crippen LogP contribution is 2.18. The van der Waals surface area contributed by atoms with Crippen LogP contribution in [0.15, 0.2) is 30.5 Å². The number of carbonyl (C=O) groups is 1. The Labute approximate surface area is 117 Å². The van der Waals surface area contributed by atoms with Crippen molar-refractivity contribution in [3.63, 3.8) is 0 Å². The molecule has 0 radical (unpaired) electrons. The van der Waals surface area contributed by atoms with Gasteiger partial charge in [0.05, 0.1) is 30.2 Å². The van der Waals surface area contributed by atoms with Crippen molar-refractivity contribution in [2.24, 2.45) is 0 Å². The van der Waals surface area contributed by atoms with E-state index in [4.69, 9.17) is 10.00 Å². The monoisotopic (exact) mass is 271 g/mol. The number of aromatic amines is 1. The van der Waals surface area contributed by atoms with Gasteiger partial charge in [-0.1, -0.05) is 12.1 Å². The van der Waals surface area contributed by atoms with Gasteiger partial charge in [0, 0.05) is 31.8 Å². The van der Waals surface area contributed by atoms with E-state index in [-0.39, 0.29) is 5.91 Å². The van der Waals surface area contributed by atoms with Gasteiger partial charge in [-0.25, -0.2) is 0 Å². The molecule has 0 saturated heterocycles. The summed E-state index contributed by atoms with van der Waals surface area (Å²) in [6.45, 7) is 1.35. The van der Waals surface area contributed by atoms with Gasteiger partial charge in [0.2, 0.25) is 0 Å². The van der Waals surface area contributed by atoms with E-state index in [1.807, 2.05) is 24.4 Å². The Bertz CT molecular complexity index is 627. The maximum Gasteiger partial charge on any atom is 0.256 e. The Kier molecular flexibility index (Phi) is 4.75. The minimum Gasteiger partial charge on any atom is -0.383 e. The number of benzene rings is 1. The third-order valence-corrected chi connectivity index (χ3v) is 3.16. The maximum atomic E-state index is 12.6. The fourth-order valence-electron chi connectivity index (χ4n) is 2.13. The van der Waals surface area contributed by atoms with Crippen molar-refractivity contribution in [2.45, 2.75) is 6.42 Å². The first kappa shape index (κ1) is 14.1. The summed E-state index contributed by atoms with van der Waals surface area (Å²) in [5, 5.41) is 9.71. The third-order valence-electron chi connectivity index (χ3n) is 3.16. The highest BCUT2D eigenvalue weighted by Gasteiger charge is 2.18. The molecular weight excluding hydrogens is 254 g/mol. The number of para-hydroxylation sites is 1. The van der Waals surface area contributed by atoms with Crippen LogP contribution in [-0.2, 0) is 4.74 Å². The second-order valence-corrected chi connectivity index (χ2v) is 4.44. The summed E-state index contributed by atoms with van der Waals surface area (Å²) in [5.74, 6) is -0.0784. The number of rotatable bonds is 6. The highest BCUT2D eigenvalue weighted by atomic mass is 16.5. The summed E-state index contributed by atoms with van der Waals surface area (Å²) in [5.41, 5.74) is 1.46. The SMILES string of the molecule is COCCN(CCC#N)C(=O)c1cccc2cc[nH]c12. The fraction of sp³-hybridized carbons (Fsp3) is 0.333. The Morgan fingerprint density at radius 3 is 3.00 bits per heavy atom. The minimum atomic E-state index is -0.0784. The molecule has 1 aromatic carbocycles. The van der Waals surface area contributed by atoms with Gasteiger partial charge in [-0.05, 0) is 12.1 Å². The lowest BCUT2D eigenvalue weighted by Gasteiger charge is -2.21. The zero-order valence-electron chi connectivity index (χ0n) is 11.4. The van der Waals surface area contributed by atoms with Gasteiger partial charge < -0.3 is 14.6 Å². The van der Waals surface area contributed by atoms with Crippen molar-refractivity contribution in [3.05, 3.63) is 36.0 Å². The molecule has 5 nitrogen and oxygen atoms in total. The van der Waals surface area contributed by atoms with Crippen molar-refractivity contribution in [1.29, 1.82) is 5.26 Å². The lowest BCUT2D eigenvalue weighted by Crippen LogP contribution is -2.34. The molecule has 0 aliphatic carbocycles. The van der Waals surface area contributed by atoms with E-state index in [9.17, 15) is 4.79 Å². The molecule has 0 saturated carbocycles. The van der Waals surface area contributed by atoms with Crippen LogP contribution in [0, 0.1) is 11.3 Å². The van der Waals surface area contributed by atoms with Crippen molar-refractivity contribution >= 4 is 16.8 Å². The molecule has 0 aliphatic heterocycles. The normalized spacial score (nSPS) is 10.4. The molecule has 0 unspecified atom stereocenters. The first-order valence-electron chi connectivity index (χ1n) is 6.49. The zero-order chi connectivity index (χ0) is 14.4. The van der Waals surface area contributed by atoms with E-state index in [2.05, 4.69) is 11.1 Å². The summed E-state index contributed by atoms with van der Waals surface area (Å²) in [6.07, 6.45) is 2.13. The molecule has 1 amide bonds. The molecule has 1 heterocycles. The predicted molar refractivity (Wildman–Crippen MR) is 76.3 cm³/mol. The van der Waals surface area contributed by atoms with E-state index in [0.717, 1.165) is 10.9 Å². The number of nitriles is 1. The average molecular weight is 271 g/mol. The van der Waals surface area contributed by atoms with E-state index >= 15 is 0 Å². The summed E-state index contributed by atoms with van der Waals surface area (Å²) in [7, 11) is 1.60. The van der Waals surface area contributed by atoms with Crippen molar-refractivity contribution in [2.75, 3.05) is 26.8 Å². The summed E-state index contributed by atoms with van der Waals surface area (Å²) < 4.78 is 5.03. The number of nitrogens with zero attached hydrogens (tertiary/aromatic N) is 2. The van der Waals surface area contributed by atoms with E-state index < -0.39 is 0 Å². The minimum absolute atomic E-state index is 0.0784. The van der Waals surface area contributed by atoms with Gasteiger partial charge in [0.1, 0.15) is 0 Å². The van der Waals surface area contributed by atoms with Crippen LogP contribution >= 0.6 is 0 Å². The number of amides is 1. The van der Waals surface area contributed by atoms with Crippen molar-refractivity contribution in [1.82, 2.24) is 9.88 Å². The first-order chi connectivity index (χ1) is 9.77. The number of methoxy groups -OCH3 is 1. The van der Waals surface area contributed by atoms with Gasteiger partial charge in [-0.2, -0.15) is 5.26 Å². The fourth-order valence-corrected chi connectivity index (χ4v) is 2.13. The largest absolute Gasteiger partial charge is 0.383 e. The number of H-pyrrole nitrogens is 1. The van der Waals surface area contributed by atoms with Gasteiger partial charge in [0.15, 0.2) is 0 Å². The molecule has 20 heavy (non-hydrogen) atoms. The highest BCUT2D eigenvalue weighted by molar-refractivity contribution is 6.05. The van der Waals surface area contributed by atoms with Crippen LogP contribution in [-0.4, -0.2) is 42.6 Å². The second kappa shape index (κ2) is 6.73. The topological polar surface area (TPSA) is 69.1 Å². The first-order valence-corrected chi connectivity index (χ1v) is 6.49. The molecule has 2 aromatic rings. The third kappa shape index (κ3) is 2.98. The number of aromatic nitrogens is 1. The number of nitrogens with one attached hydrogen (secondary N) is 1. The Morgan fingerprint density at radius 1 is 1.40 bits per heavy atom. The summed E-state index contributed by atoms with van der Waals surface area (Å²) >= 11 is 0. The Hall–Kier alpha value is -2.32. The standard InChI is InChI=1S/C15H17N3O2/c1-20-11-10-18(9-3-7-16)15(19)13-5-2-4-12-6-8-17-14(12)13/h2,4-6,8,17H,3,9-11H2,1H3. The predicted octanol–water partition coefficient (Wildman–Crippen LogP) is 2.17. The van der Waals surface area contributed by atoms with Crippen LogP contribution in [0.2, 0.25) is 0 Å². The number of fused-ring (bicyclic) bond motifs is 1. The van der Waals surface area contributed by atoms with Gasteiger partial charge >= 0.3 is 0 Å². The second-order valence-electron chi connectivity index (χ2n) is 4.44. The van der Waals surface area contributed by atoms with E-state index in [1.165, 1.54) is 0 Å². The molecule has 0 atom stereocenters. The lowest BCUT2D eigenvalue weighted by molar-refractivity contribution is 0.0701. The quantitative estimate of drug-likeness (QED) is 0.875. The number of hydrogen-bond donors (Lipinski definition) is 1. The van der Waals surface area contributed by atoms with Crippen LogP contribution in [0.25, 0.3) is 10.9 Å². The molecule has 0 bridgehead atoms. The van der Waals surface area contributed by atoms with Crippen LogP contribution < -0.4 is 0 Å². The molecule has 104 valence electrons. The number of carbonyl (C=O) groups excluding carboxylic acids is 1. The van der Waals surface area contributed by atoms with Crippen molar-refractivity contribution < 1.29 is 9.53 Å². The van der Waals surface area contributed by atoms with Crippen LogP contribution in [0.5, 0.6) is 0 Å². The van der Waals surface area contributed by atoms with E-state index in [1.54, 1.807) is 18.1 Å². The maximum absolute atomic E-state index is 12.6. The summed E-state index contributed by atoms with van der Waals surface area (Å²) in [4.78, 5) is 17.4. The van der Waals surface area contributed by atoms with Crippen molar-refractivity contribution in [3.8, 4) is 6.07 Å². The van der Waals surface area contributed by atoms with Crippen LogP contribution in [0.3, 0.4) is 0 Å². The molecule has 1 N–H and O–H groups in total. The smallest absolute Gasteiger partial charge is 0.256 e. The molecule has 1 aromatic heterocycles. The van der Waals surface area contributed by atoms with Gasteiger partial charge in [-0.15, -0.1) is 0 Å². The molecule has 2 rings (SSSR count). The lowest BCUT2D eigenvalue weighted by atomic mass is 10.1. The van der Waals surface area contributed by atoms with Gasteiger partial charge in [0.25, 0.3) is 5.91 Å². The average Bonchev–Trinajstić information content (AvgIpc) is 2.95. The Balaban J connectivity index is 2.26. The number of hydrogen-bond acceptors (Lipinski definition) is 3. The van der Waals surface area contributed by atoms with Crippen LogP contribution in [0.1, 0.15) is 16.8 Å². The Morgan fingerprint density at radius 2 is 2.25 bits per heavy atom. The number of ether oxygens (including phenoxy) is 1. The molecule has 0 spiro atoms. The molecule has 0 fully saturated rings. The zero-order valence-corrected chi connectivity index (χ0v) is 11.4. The molecule has 5 heteroatoms. The molecular formula is C15H17N3O2. The van der Waals surface area contributed by atoms with Crippen LogP contribution in [0.4, 0.5) is 0 Å².